The molecule has 6 heteroatoms. The second kappa shape index (κ2) is 4.80. The maximum atomic E-state index is 12.8. The highest BCUT2D eigenvalue weighted by Crippen LogP contribution is 2.32. The van der Waals surface area contributed by atoms with Gasteiger partial charge in [0.2, 0.25) is 0 Å². The lowest BCUT2D eigenvalue weighted by Gasteiger charge is -2.10. The molecule has 3 rings (SSSR count). The Kier molecular flexibility index (Phi) is 3.08. The van der Waals surface area contributed by atoms with Gasteiger partial charge in [0.05, 0.1) is 24.4 Å². The number of alkyl halides is 3. The molecular formula is C15H11F3N2O. The van der Waals surface area contributed by atoms with E-state index in [0.29, 0.717) is 17.3 Å². The summed E-state index contributed by atoms with van der Waals surface area (Å²) in [5, 5.41) is 0. The molecule has 2 aromatic heterocycles. The Hall–Kier alpha value is -2.50. The van der Waals surface area contributed by atoms with Crippen molar-refractivity contribution in [3.63, 3.8) is 0 Å². The van der Waals surface area contributed by atoms with Gasteiger partial charge in [0.1, 0.15) is 5.82 Å². The van der Waals surface area contributed by atoms with Gasteiger partial charge in [0, 0.05) is 5.56 Å². The molecule has 108 valence electrons. The van der Waals surface area contributed by atoms with Crippen LogP contribution in [-0.2, 0) is 6.18 Å². The zero-order chi connectivity index (χ0) is 15.0. The number of benzene rings is 1. The van der Waals surface area contributed by atoms with Crippen LogP contribution in [0.15, 0.2) is 48.7 Å². The van der Waals surface area contributed by atoms with Crippen LogP contribution in [0, 0.1) is 0 Å². The van der Waals surface area contributed by atoms with Crippen molar-refractivity contribution in [2.75, 3.05) is 7.11 Å². The second-order valence-electron chi connectivity index (χ2n) is 4.49. The summed E-state index contributed by atoms with van der Waals surface area (Å²) in [6, 6.07) is 10.4. The highest BCUT2D eigenvalue weighted by atomic mass is 19.4. The summed E-state index contributed by atoms with van der Waals surface area (Å²) >= 11 is 0. The van der Waals surface area contributed by atoms with Gasteiger partial charge in [-0.3, -0.25) is 4.40 Å². The largest absolute Gasteiger partial charge is 0.482 e. The molecule has 2 heterocycles. The summed E-state index contributed by atoms with van der Waals surface area (Å²) < 4.78 is 45.4. The van der Waals surface area contributed by atoms with Crippen molar-refractivity contribution in [3.05, 3.63) is 54.2 Å². The third-order valence-electron chi connectivity index (χ3n) is 3.17. The normalized spacial score (nSPS) is 11.8. The fourth-order valence-corrected chi connectivity index (χ4v) is 2.22. The molecule has 0 saturated carbocycles. The van der Waals surface area contributed by atoms with E-state index in [9.17, 15) is 13.2 Å². The molecule has 0 radical (unpaired) electrons. The van der Waals surface area contributed by atoms with Gasteiger partial charge < -0.3 is 4.74 Å². The number of halogens is 3. The fraction of sp³-hybridized carbons (Fsp3) is 0.133. The Morgan fingerprint density at radius 2 is 1.86 bits per heavy atom. The van der Waals surface area contributed by atoms with Gasteiger partial charge >= 0.3 is 6.18 Å². The Morgan fingerprint density at radius 1 is 1.10 bits per heavy atom. The SMILES string of the molecule is COc1cccc2cnc(-c3cccc(C(F)(F)F)c3)n12. The first kappa shape index (κ1) is 13.5. The van der Waals surface area contributed by atoms with E-state index in [0.717, 1.165) is 17.6 Å². The standard InChI is InChI=1S/C15H11F3N2O/c1-21-13-7-3-6-12-9-19-14(20(12)13)10-4-2-5-11(8-10)15(16,17)18/h2-9H,1H3. The van der Waals surface area contributed by atoms with Gasteiger partial charge in [0.25, 0.3) is 0 Å². The van der Waals surface area contributed by atoms with Crippen LogP contribution in [0.5, 0.6) is 5.88 Å². The number of hydrogen-bond acceptors (Lipinski definition) is 2. The number of hydrogen-bond donors (Lipinski definition) is 0. The van der Waals surface area contributed by atoms with Crippen LogP contribution in [0.1, 0.15) is 5.56 Å². The summed E-state index contributed by atoms with van der Waals surface area (Å²) in [4.78, 5) is 4.21. The average molecular weight is 292 g/mol. The molecule has 0 saturated heterocycles. The molecule has 0 N–H and O–H groups in total. The maximum Gasteiger partial charge on any atom is 0.416 e. The highest BCUT2D eigenvalue weighted by molar-refractivity contribution is 5.64. The molecule has 0 aliphatic rings. The zero-order valence-corrected chi connectivity index (χ0v) is 11.1. The van der Waals surface area contributed by atoms with Crippen molar-refractivity contribution < 1.29 is 17.9 Å². The van der Waals surface area contributed by atoms with Gasteiger partial charge in [-0.2, -0.15) is 13.2 Å². The number of methoxy groups -OCH3 is 1. The van der Waals surface area contributed by atoms with E-state index in [2.05, 4.69) is 4.98 Å². The molecule has 1 aromatic carbocycles. The monoisotopic (exact) mass is 292 g/mol. The van der Waals surface area contributed by atoms with Gasteiger partial charge in [-0.05, 0) is 24.3 Å². The molecule has 0 aliphatic carbocycles. The third-order valence-corrected chi connectivity index (χ3v) is 3.17. The van der Waals surface area contributed by atoms with Gasteiger partial charge in [-0.15, -0.1) is 0 Å². The molecule has 3 nitrogen and oxygen atoms in total. The summed E-state index contributed by atoms with van der Waals surface area (Å²) in [5.41, 5.74) is 0.433. The first-order valence-corrected chi connectivity index (χ1v) is 6.19. The zero-order valence-electron chi connectivity index (χ0n) is 11.1. The van der Waals surface area contributed by atoms with E-state index in [1.807, 2.05) is 6.07 Å². The summed E-state index contributed by atoms with van der Waals surface area (Å²) in [5.74, 6) is 0.922. The lowest BCUT2D eigenvalue weighted by atomic mass is 10.1. The van der Waals surface area contributed by atoms with Crippen LogP contribution in [0.25, 0.3) is 16.9 Å². The van der Waals surface area contributed by atoms with E-state index in [1.165, 1.54) is 13.2 Å². The van der Waals surface area contributed by atoms with Crippen molar-refractivity contribution in [1.82, 2.24) is 9.38 Å². The minimum absolute atomic E-state index is 0.384. The van der Waals surface area contributed by atoms with Crippen molar-refractivity contribution in [2.45, 2.75) is 6.18 Å². The Morgan fingerprint density at radius 3 is 2.57 bits per heavy atom. The molecule has 3 aromatic rings. The Labute approximate surface area is 118 Å². The Bertz CT molecular complexity index is 793. The molecule has 0 unspecified atom stereocenters. The number of rotatable bonds is 2. The third kappa shape index (κ3) is 2.33. The van der Waals surface area contributed by atoms with Gasteiger partial charge in [-0.25, -0.2) is 4.98 Å². The minimum Gasteiger partial charge on any atom is -0.482 e. The molecule has 0 aliphatic heterocycles. The number of ether oxygens (including phenoxy) is 1. The average Bonchev–Trinajstić information content (AvgIpc) is 2.90. The van der Waals surface area contributed by atoms with Gasteiger partial charge in [0.15, 0.2) is 5.88 Å². The van der Waals surface area contributed by atoms with Crippen LogP contribution in [0.4, 0.5) is 13.2 Å². The smallest absolute Gasteiger partial charge is 0.416 e. The van der Waals surface area contributed by atoms with Crippen molar-refractivity contribution in [3.8, 4) is 17.3 Å². The maximum absolute atomic E-state index is 12.8. The number of pyridine rings is 1. The summed E-state index contributed by atoms with van der Waals surface area (Å²) in [7, 11) is 1.50. The van der Waals surface area contributed by atoms with Crippen LogP contribution < -0.4 is 4.74 Å². The first-order chi connectivity index (χ1) is 10.0. The molecule has 0 fully saturated rings. The number of nitrogens with zero attached hydrogens (tertiary/aromatic N) is 2. The van der Waals surface area contributed by atoms with Crippen LogP contribution in [0.3, 0.4) is 0 Å². The van der Waals surface area contributed by atoms with Gasteiger partial charge in [-0.1, -0.05) is 18.2 Å². The predicted octanol–water partition coefficient (Wildman–Crippen LogP) is 4.03. The Balaban J connectivity index is 2.22. The highest BCUT2D eigenvalue weighted by Gasteiger charge is 2.30. The molecule has 0 bridgehead atoms. The number of aromatic nitrogens is 2. The van der Waals surface area contributed by atoms with E-state index in [4.69, 9.17) is 4.74 Å². The topological polar surface area (TPSA) is 26.5 Å². The van der Waals surface area contributed by atoms with E-state index >= 15 is 0 Å². The molecule has 0 spiro atoms. The summed E-state index contributed by atoms with van der Waals surface area (Å²) in [6.45, 7) is 0. The van der Waals surface area contributed by atoms with Crippen LogP contribution in [0.2, 0.25) is 0 Å². The summed E-state index contributed by atoms with van der Waals surface area (Å²) in [6.07, 6.45) is -2.79. The lowest BCUT2D eigenvalue weighted by Crippen LogP contribution is -2.05. The molecule has 21 heavy (non-hydrogen) atoms. The fourth-order valence-electron chi connectivity index (χ4n) is 2.22. The van der Waals surface area contributed by atoms with Crippen molar-refractivity contribution >= 4 is 5.52 Å². The minimum atomic E-state index is -4.38. The van der Waals surface area contributed by atoms with E-state index < -0.39 is 11.7 Å². The first-order valence-electron chi connectivity index (χ1n) is 6.19. The van der Waals surface area contributed by atoms with E-state index in [1.54, 1.807) is 28.8 Å². The van der Waals surface area contributed by atoms with Crippen LogP contribution in [-0.4, -0.2) is 16.5 Å². The number of imidazole rings is 1. The quantitative estimate of drug-likeness (QED) is 0.713. The molecule has 0 atom stereocenters. The second-order valence-corrected chi connectivity index (χ2v) is 4.49. The predicted molar refractivity (Wildman–Crippen MR) is 72.2 cm³/mol. The molecule has 0 amide bonds. The van der Waals surface area contributed by atoms with Crippen molar-refractivity contribution in [1.29, 1.82) is 0 Å². The molecular weight excluding hydrogens is 281 g/mol. The number of fused-ring (bicyclic) bond motifs is 1. The lowest BCUT2D eigenvalue weighted by molar-refractivity contribution is -0.137. The van der Waals surface area contributed by atoms with E-state index in [-0.39, 0.29) is 0 Å². The van der Waals surface area contributed by atoms with Crippen LogP contribution >= 0.6 is 0 Å². The van der Waals surface area contributed by atoms with Crippen molar-refractivity contribution in [2.24, 2.45) is 0 Å².